The first-order chi connectivity index (χ1) is 8.25. The second-order valence-electron chi connectivity index (χ2n) is 5.28. The summed E-state index contributed by atoms with van der Waals surface area (Å²) < 4.78 is 5.48. The van der Waals surface area contributed by atoms with Crippen molar-refractivity contribution in [3.8, 4) is 0 Å². The maximum absolute atomic E-state index is 11.8. The van der Waals surface area contributed by atoms with E-state index >= 15 is 0 Å². The van der Waals surface area contributed by atoms with Crippen molar-refractivity contribution in [2.45, 2.75) is 51.2 Å². The predicted molar refractivity (Wildman–Crippen MR) is 66.8 cm³/mol. The number of hydrogen-bond acceptors (Lipinski definition) is 3. The molecule has 2 heterocycles. The van der Waals surface area contributed by atoms with Crippen molar-refractivity contribution in [1.29, 1.82) is 0 Å². The second kappa shape index (κ2) is 6.36. The normalized spacial score (nSPS) is 27.9. The second-order valence-corrected chi connectivity index (χ2v) is 5.28. The Kier molecular flexibility index (Phi) is 4.80. The van der Waals surface area contributed by atoms with E-state index in [1.54, 1.807) is 0 Å². The molecule has 98 valence electrons. The van der Waals surface area contributed by atoms with Crippen LogP contribution in [0.2, 0.25) is 0 Å². The summed E-state index contributed by atoms with van der Waals surface area (Å²) in [6.07, 6.45) is 5.17. The Labute approximate surface area is 103 Å². The molecule has 17 heavy (non-hydrogen) atoms. The van der Waals surface area contributed by atoms with Gasteiger partial charge < -0.3 is 15.4 Å². The minimum Gasteiger partial charge on any atom is -0.378 e. The Morgan fingerprint density at radius 3 is 2.82 bits per heavy atom. The summed E-state index contributed by atoms with van der Waals surface area (Å²) in [5, 5.41) is 6.48. The van der Waals surface area contributed by atoms with E-state index in [4.69, 9.17) is 4.74 Å². The van der Waals surface area contributed by atoms with Crippen LogP contribution in [0.4, 0.5) is 0 Å². The molecule has 2 aliphatic heterocycles. The molecule has 2 atom stereocenters. The molecular weight excluding hydrogens is 216 g/mol. The first-order valence-electron chi connectivity index (χ1n) is 6.87. The first kappa shape index (κ1) is 12.8. The maximum atomic E-state index is 11.8. The van der Waals surface area contributed by atoms with Crippen LogP contribution < -0.4 is 10.6 Å². The van der Waals surface area contributed by atoms with E-state index in [1.165, 1.54) is 12.8 Å². The highest BCUT2D eigenvalue weighted by Gasteiger charge is 2.23. The lowest BCUT2D eigenvalue weighted by atomic mass is 9.91. The maximum Gasteiger partial charge on any atom is 0.222 e. The van der Waals surface area contributed by atoms with Gasteiger partial charge in [-0.05, 0) is 51.6 Å². The summed E-state index contributed by atoms with van der Waals surface area (Å²) in [7, 11) is 0. The van der Waals surface area contributed by atoms with E-state index in [2.05, 4.69) is 17.6 Å². The number of piperidine rings is 1. The Morgan fingerprint density at radius 1 is 1.41 bits per heavy atom. The van der Waals surface area contributed by atoms with E-state index in [-0.39, 0.29) is 12.0 Å². The largest absolute Gasteiger partial charge is 0.378 e. The van der Waals surface area contributed by atoms with Crippen LogP contribution in [0, 0.1) is 5.92 Å². The Bertz CT molecular complexity index is 246. The van der Waals surface area contributed by atoms with Crippen LogP contribution in [0.1, 0.15) is 39.0 Å². The Morgan fingerprint density at radius 2 is 2.18 bits per heavy atom. The molecule has 0 aromatic heterocycles. The molecule has 2 aliphatic rings. The fourth-order valence-electron chi connectivity index (χ4n) is 2.79. The van der Waals surface area contributed by atoms with Crippen molar-refractivity contribution in [3.63, 3.8) is 0 Å². The van der Waals surface area contributed by atoms with Crippen molar-refractivity contribution in [1.82, 2.24) is 10.6 Å². The molecule has 2 rings (SSSR count). The summed E-state index contributed by atoms with van der Waals surface area (Å²) in [5.41, 5.74) is 0. The van der Waals surface area contributed by atoms with E-state index in [0.717, 1.165) is 32.5 Å². The Balaban J connectivity index is 1.69. The van der Waals surface area contributed by atoms with Gasteiger partial charge in [-0.2, -0.15) is 0 Å². The third kappa shape index (κ3) is 3.96. The minimum atomic E-state index is 0.155. The summed E-state index contributed by atoms with van der Waals surface area (Å²) in [4.78, 5) is 11.8. The van der Waals surface area contributed by atoms with Crippen LogP contribution in [0.15, 0.2) is 0 Å². The van der Waals surface area contributed by atoms with Gasteiger partial charge >= 0.3 is 0 Å². The molecule has 2 unspecified atom stereocenters. The van der Waals surface area contributed by atoms with Crippen LogP contribution in [-0.2, 0) is 9.53 Å². The van der Waals surface area contributed by atoms with Crippen LogP contribution in [-0.4, -0.2) is 37.7 Å². The molecule has 0 aromatic rings. The molecule has 0 saturated carbocycles. The number of amides is 1. The molecule has 0 bridgehead atoms. The molecule has 2 saturated heterocycles. The molecule has 0 aromatic carbocycles. The van der Waals surface area contributed by atoms with E-state index in [9.17, 15) is 4.79 Å². The molecule has 1 amide bonds. The van der Waals surface area contributed by atoms with Crippen LogP contribution in [0.25, 0.3) is 0 Å². The van der Waals surface area contributed by atoms with Gasteiger partial charge in [0.2, 0.25) is 5.91 Å². The van der Waals surface area contributed by atoms with Gasteiger partial charge in [-0.3, -0.25) is 4.79 Å². The minimum absolute atomic E-state index is 0.155. The van der Waals surface area contributed by atoms with Crippen molar-refractivity contribution >= 4 is 5.91 Å². The monoisotopic (exact) mass is 240 g/mol. The molecule has 4 heteroatoms. The van der Waals surface area contributed by atoms with Crippen molar-refractivity contribution in [2.24, 2.45) is 5.92 Å². The predicted octanol–water partition coefficient (Wildman–Crippen LogP) is 1.06. The summed E-state index contributed by atoms with van der Waals surface area (Å²) in [5.74, 6) is 0.785. The first-order valence-corrected chi connectivity index (χ1v) is 6.87. The molecule has 2 fully saturated rings. The fraction of sp³-hybridized carbons (Fsp3) is 0.923. The van der Waals surface area contributed by atoms with Gasteiger partial charge in [-0.25, -0.2) is 0 Å². The zero-order chi connectivity index (χ0) is 12.1. The van der Waals surface area contributed by atoms with Crippen molar-refractivity contribution in [2.75, 3.05) is 19.7 Å². The number of carbonyl (C=O) groups excluding carboxylic acids is 1. The highest BCUT2D eigenvalue weighted by molar-refractivity contribution is 5.76. The third-order valence-electron chi connectivity index (χ3n) is 3.92. The number of rotatable bonds is 4. The molecule has 0 aliphatic carbocycles. The van der Waals surface area contributed by atoms with Crippen LogP contribution in [0.5, 0.6) is 0 Å². The van der Waals surface area contributed by atoms with Crippen molar-refractivity contribution in [3.05, 3.63) is 0 Å². The number of carbonyl (C=O) groups is 1. The topological polar surface area (TPSA) is 50.4 Å². The quantitative estimate of drug-likeness (QED) is 0.772. The van der Waals surface area contributed by atoms with Gasteiger partial charge in [0, 0.05) is 12.6 Å². The number of nitrogens with one attached hydrogen (secondary N) is 2. The van der Waals surface area contributed by atoms with Crippen LogP contribution >= 0.6 is 0 Å². The lowest BCUT2D eigenvalue weighted by Gasteiger charge is -2.29. The summed E-state index contributed by atoms with van der Waals surface area (Å²) in [6, 6.07) is 0.297. The molecule has 0 spiro atoms. The van der Waals surface area contributed by atoms with Gasteiger partial charge in [0.15, 0.2) is 0 Å². The van der Waals surface area contributed by atoms with Gasteiger partial charge in [0.1, 0.15) is 0 Å². The average Bonchev–Trinajstić information content (AvgIpc) is 2.82. The molecule has 4 nitrogen and oxygen atoms in total. The molecule has 2 N–H and O–H groups in total. The lowest BCUT2D eigenvalue weighted by molar-refractivity contribution is -0.124. The molecular formula is C13H24N2O2. The van der Waals surface area contributed by atoms with Gasteiger partial charge in [-0.1, -0.05) is 0 Å². The lowest BCUT2D eigenvalue weighted by Crippen LogP contribution is -2.43. The highest BCUT2D eigenvalue weighted by Crippen LogP contribution is 2.18. The van der Waals surface area contributed by atoms with E-state index in [0.29, 0.717) is 18.4 Å². The van der Waals surface area contributed by atoms with Crippen LogP contribution in [0.3, 0.4) is 0 Å². The standard InChI is InChI=1S/C13H24N2O2/c1-10(11-4-6-14-7-5-11)15-13(16)9-12-3-2-8-17-12/h10-12,14H,2-9H2,1H3,(H,15,16). The van der Waals surface area contributed by atoms with E-state index in [1.807, 2.05) is 0 Å². The smallest absolute Gasteiger partial charge is 0.222 e. The van der Waals surface area contributed by atoms with Crippen molar-refractivity contribution < 1.29 is 9.53 Å². The number of hydrogen-bond donors (Lipinski definition) is 2. The van der Waals surface area contributed by atoms with Gasteiger partial charge in [0.25, 0.3) is 0 Å². The average molecular weight is 240 g/mol. The van der Waals surface area contributed by atoms with Gasteiger partial charge in [0.05, 0.1) is 12.5 Å². The third-order valence-corrected chi connectivity index (χ3v) is 3.92. The van der Waals surface area contributed by atoms with Gasteiger partial charge in [-0.15, -0.1) is 0 Å². The Hall–Kier alpha value is -0.610. The summed E-state index contributed by atoms with van der Waals surface area (Å²) >= 11 is 0. The zero-order valence-electron chi connectivity index (χ0n) is 10.7. The zero-order valence-corrected chi connectivity index (χ0v) is 10.7. The fourth-order valence-corrected chi connectivity index (χ4v) is 2.79. The van der Waals surface area contributed by atoms with E-state index < -0.39 is 0 Å². The molecule has 0 radical (unpaired) electrons. The number of ether oxygens (including phenoxy) is 1. The summed E-state index contributed by atoms with van der Waals surface area (Å²) in [6.45, 7) is 5.11. The highest BCUT2D eigenvalue weighted by atomic mass is 16.5. The SMILES string of the molecule is CC(NC(=O)CC1CCCO1)C1CCNCC1.